The fourth-order valence-corrected chi connectivity index (χ4v) is 4.53. The summed E-state index contributed by atoms with van der Waals surface area (Å²) in [4.78, 5) is 0.0930. The molecule has 1 aliphatic heterocycles. The summed E-state index contributed by atoms with van der Waals surface area (Å²) in [6, 6.07) is 19.9. The van der Waals surface area contributed by atoms with Gasteiger partial charge in [0, 0.05) is 12.2 Å². The first-order valence-electron chi connectivity index (χ1n) is 11.2. The van der Waals surface area contributed by atoms with Crippen molar-refractivity contribution in [1.29, 1.82) is 0 Å². The van der Waals surface area contributed by atoms with Crippen LogP contribution in [0.4, 0.5) is 0 Å². The average Bonchev–Trinajstić information content (AvgIpc) is 2.86. The highest BCUT2D eigenvalue weighted by Crippen LogP contribution is 2.41. The molecule has 34 heavy (non-hydrogen) atoms. The minimum atomic E-state index is -3.92. The van der Waals surface area contributed by atoms with Gasteiger partial charge in [-0.3, -0.25) is 4.18 Å². The van der Waals surface area contributed by atoms with Gasteiger partial charge >= 0.3 is 0 Å². The number of aryl methyl sites for hydroxylation is 1. The van der Waals surface area contributed by atoms with Crippen molar-refractivity contribution >= 4 is 10.1 Å². The molecule has 0 saturated carbocycles. The van der Waals surface area contributed by atoms with Crippen LogP contribution in [0.25, 0.3) is 0 Å². The SMILES string of the molecule is Cc1ccc(S(=O)(=O)OC[C@H]2COc3ccc(OCc4ccccc4)c(CCCO)c3O2)cc1. The number of aliphatic hydroxyl groups is 1. The molecule has 0 spiro atoms. The quantitative estimate of drug-likeness (QED) is 0.434. The lowest BCUT2D eigenvalue weighted by molar-refractivity contribution is 0.0538. The summed E-state index contributed by atoms with van der Waals surface area (Å²) in [7, 11) is -3.92. The summed E-state index contributed by atoms with van der Waals surface area (Å²) in [5.74, 6) is 1.68. The van der Waals surface area contributed by atoms with E-state index >= 15 is 0 Å². The standard InChI is InChI=1S/C26H28O7S/c1-19-9-11-22(12-10-19)34(28,29)32-18-21-17-31-25-14-13-24(23(8-5-15-27)26(25)33-21)30-16-20-6-3-2-4-7-20/h2-4,6-7,9-14,21,27H,5,8,15-18H2,1H3/t21-/m1/s1. The lowest BCUT2D eigenvalue weighted by Crippen LogP contribution is -2.34. The van der Waals surface area contributed by atoms with Crippen molar-refractivity contribution in [3.63, 3.8) is 0 Å². The van der Waals surface area contributed by atoms with Gasteiger partial charge in [0.2, 0.25) is 0 Å². The van der Waals surface area contributed by atoms with E-state index in [0.29, 0.717) is 36.7 Å². The smallest absolute Gasteiger partial charge is 0.297 e. The second kappa shape index (κ2) is 10.9. The van der Waals surface area contributed by atoms with E-state index in [1.807, 2.05) is 43.3 Å². The Morgan fingerprint density at radius 2 is 1.79 bits per heavy atom. The summed E-state index contributed by atoms with van der Waals surface area (Å²) in [6.45, 7) is 2.25. The Labute approximate surface area is 200 Å². The molecule has 3 aromatic carbocycles. The molecule has 0 bridgehead atoms. The Morgan fingerprint density at radius 1 is 1.03 bits per heavy atom. The molecular formula is C26H28O7S. The van der Waals surface area contributed by atoms with Crippen molar-refractivity contribution in [2.24, 2.45) is 0 Å². The van der Waals surface area contributed by atoms with E-state index in [2.05, 4.69) is 0 Å². The predicted octanol–water partition coefficient (Wildman–Crippen LogP) is 4.04. The lowest BCUT2D eigenvalue weighted by Gasteiger charge is -2.29. The molecule has 1 atom stereocenters. The minimum absolute atomic E-state index is 0.0178. The van der Waals surface area contributed by atoms with Gasteiger partial charge in [-0.1, -0.05) is 48.0 Å². The van der Waals surface area contributed by atoms with Gasteiger partial charge in [-0.15, -0.1) is 0 Å². The average molecular weight is 485 g/mol. The number of aliphatic hydroxyl groups excluding tert-OH is 1. The summed E-state index contributed by atoms with van der Waals surface area (Å²) in [5, 5.41) is 9.38. The Morgan fingerprint density at radius 3 is 2.53 bits per heavy atom. The molecule has 0 unspecified atom stereocenters. The summed E-state index contributed by atoms with van der Waals surface area (Å²) < 4.78 is 48.4. The zero-order valence-corrected chi connectivity index (χ0v) is 19.8. The van der Waals surface area contributed by atoms with E-state index in [0.717, 1.165) is 16.7 Å². The van der Waals surface area contributed by atoms with Crippen LogP contribution in [-0.2, 0) is 27.3 Å². The van der Waals surface area contributed by atoms with E-state index in [1.54, 1.807) is 18.2 Å². The third-order valence-electron chi connectivity index (χ3n) is 5.43. The maximum atomic E-state index is 12.5. The lowest BCUT2D eigenvalue weighted by atomic mass is 10.1. The van der Waals surface area contributed by atoms with Gasteiger partial charge in [0.25, 0.3) is 10.1 Å². The van der Waals surface area contributed by atoms with Gasteiger partial charge in [0.05, 0.1) is 4.90 Å². The molecular weight excluding hydrogens is 456 g/mol. The van der Waals surface area contributed by atoms with E-state index < -0.39 is 16.2 Å². The second-order valence-electron chi connectivity index (χ2n) is 8.07. The summed E-state index contributed by atoms with van der Waals surface area (Å²) in [6.07, 6.45) is 0.414. The van der Waals surface area contributed by atoms with E-state index in [4.69, 9.17) is 18.4 Å². The molecule has 0 saturated heterocycles. The van der Waals surface area contributed by atoms with Crippen LogP contribution < -0.4 is 14.2 Å². The number of ether oxygens (including phenoxy) is 3. The highest BCUT2D eigenvalue weighted by atomic mass is 32.2. The Hall–Kier alpha value is -3.07. The highest BCUT2D eigenvalue weighted by molar-refractivity contribution is 7.86. The number of hydrogen-bond donors (Lipinski definition) is 1. The van der Waals surface area contributed by atoms with Crippen LogP contribution >= 0.6 is 0 Å². The van der Waals surface area contributed by atoms with Crippen LogP contribution in [0.15, 0.2) is 71.6 Å². The predicted molar refractivity (Wildman–Crippen MR) is 127 cm³/mol. The normalized spacial score (nSPS) is 15.2. The largest absolute Gasteiger partial charge is 0.488 e. The third kappa shape index (κ3) is 5.88. The van der Waals surface area contributed by atoms with Gasteiger partial charge in [0.15, 0.2) is 17.6 Å². The second-order valence-corrected chi connectivity index (χ2v) is 9.69. The van der Waals surface area contributed by atoms with E-state index in [1.165, 1.54) is 12.1 Å². The molecule has 0 aliphatic carbocycles. The third-order valence-corrected chi connectivity index (χ3v) is 6.73. The number of hydrogen-bond acceptors (Lipinski definition) is 7. The van der Waals surface area contributed by atoms with Crippen LogP contribution in [0.1, 0.15) is 23.1 Å². The molecule has 1 N–H and O–H groups in total. The molecule has 0 aromatic heterocycles. The van der Waals surface area contributed by atoms with Gasteiger partial charge < -0.3 is 19.3 Å². The van der Waals surface area contributed by atoms with Crippen LogP contribution in [0.2, 0.25) is 0 Å². The first kappa shape index (κ1) is 24.1. The molecule has 3 aromatic rings. The molecule has 0 amide bonds. The van der Waals surface area contributed by atoms with Crippen molar-refractivity contribution in [3.05, 3.63) is 83.4 Å². The van der Waals surface area contributed by atoms with Gasteiger partial charge in [-0.25, -0.2) is 0 Å². The van der Waals surface area contributed by atoms with Crippen LogP contribution in [0.5, 0.6) is 17.2 Å². The summed E-state index contributed by atoms with van der Waals surface area (Å²) >= 11 is 0. The van der Waals surface area contributed by atoms with E-state index in [9.17, 15) is 13.5 Å². The monoisotopic (exact) mass is 484 g/mol. The molecule has 0 radical (unpaired) electrons. The Balaban J connectivity index is 1.49. The fraction of sp³-hybridized carbons (Fsp3) is 0.308. The molecule has 4 rings (SSSR count). The topological polar surface area (TPSA) is 91.3 Å². The van der Waals surface area contributed by atoms with Crippen LogP contribution in [-0.4, -0.2) is 39.4 Å². The number of rotatable bonds is 10. The zero-order chi connectivity index (χ0) is 24.0. The first-order chi connectivity index (χ1) is 16.5. The molecule has 0 fully saturated rings. The molecule has 180 valence electrons. The minimum Gasteiger partial charge on any atom is -0.488 e. The first-order valence-corrected chi connectivity index (χ1v) is 12.6. The van der Waals surface area contributed by atoms with Crippen LogP contribution in [0.3, 0.4) is 0 Å². The Bertz CT molecular complexity index is 1190. The maximum Gasteiger partial charge on any atom is 0.297 e. The van der Waals surface area contributed by atoms with Crippen LogP contribution in [0, 0.1) is 6.92 Å². The van der Waals surface area contributed by atoms with Crippen molar-refractivity contribution in [3.8, 4) is 17.2 Å². The Kier molecular flexibility index (Phi) is 7.72. The van der Waals surface area contributed by atoms with Gasteiger partial charge in [0.1, 0.15) is 25.6 Å². The van der Waals surface area contributed by atoms with Gasteiger partial charge in [-0.2, -0.15) is 8.42 Å². The molecule has 1 aliphatic rings. The molecule has 8 heteroatoms. The van der Waals surface area contributed by atoms with Crippen molar-refractivity contribution in [1.82, 2.24) is 0 Å². The number of benzene rings is 3. The number of fused-ring (bicyclic) bond motifs is 1. The molecule has 7 nitrogen and oxygen atoms in total. The van der Waals surface area contributed by atoms with Crippen molar-refractivity contribution < 1.29 is 31.9 Å². The highest BCUT2D eigenvalue weighted by Gasteiger charge is 2.28. The fourth-order valence-electron chi connectivity index (χ4n) is 3.60. The maximum absolute atomic E-state index is 12.5. The van der Waals surface area contributed by atoms with Gasteiger partial charge in [-0.05, 0) is 49.6 Å². The van der Waals surface area contributed by atoms with E-state index in [-0.39, 0.29) is 24.7 Å². The summed E-state index contributed by atoms with van der Waals surface area (Å²) in [5.41, 5.74) is 2.76. The van der Waals surface area contributed by atoms with Crippen molar-refractivity contribution in [2.75, 3.05) is 19.8 Å². The molecule has 1 heterocycles. The van der Waals surface area contributed by atoms with Crippen molar-refractivity contribution in [2.45, 2.75) is 37.4 Å². The zero-order valence-electron chi connectivity index (χ0n) is 19.0.